The summed E-state index contributed by atoms with van der Waals surface area (Å²) in [6, 6.07) is 5.34. The lowest BCUT2D eigenvalue weighted by atomic mass is 10.1. The summed E-state index contributed by atoms with van der Waals surface area (Å²) in [7, 11) is 3.12. The minimum absolute atomic E-state index is 0.0155. The normalized spacial score (nSPS) is 26.2. The van der Waals surface area contributed by atoms with Crippen LogP contribution in [-0.2, 0) is 14.3 Å². The number of amides is 2. The molecule has 0 aliphatic carbocycles. The summed E-state index contributed by atoms with van der Waals surface area (Å²) in [5.74, 6) is 0.816. The molecule has 1 aromatic carbocycles. The zero-order valence-corrected chi connectivity index (χ0v) is 15.7. The van der Waals surface area contributed by atoms with Gasteiger partial charge in [-0.2, -0.15) is 0 Å². The highest BCUT2D eigenvalue weighted by Crippen LogP contribution is 2.34. The van der Waals surface area contributed by atoms with Crippen LogP contribution in [0.1, 0.15) is 20.3 Å². The largest absolute Gasteiger partial charge is 0.493 e. The average molecular weight is 362 g/mol. The Morgan fingerprint density at radius 3 is 2.35 bits per heavy atom. The van der Waals surface area contributed by atoms with Crippen molar-refractivity contribution in [1.29, 1.82) is 0 Å². The molecule has 7 heteroatoms. The number of hydrogen-bond donors (Lipinski definition) is 0. The van der Waals surface area contributed by atoms with Gasteiger partial charge in [0.2, 0.25) is 11.8 Å². The van der Waals surface area contributed by atoms with E-state index in [-0.39, 0.29) is 36.4 Å². The van der Waals surface area contributed by atoms with Gasteiger partial charge in [0, 0.05) is 37.8 Å². The molecule has 0 N–H and O–H groups in total. The van der Waals surface area contributed by atoms with E-state index >= 15 is 0 Å². The fourth-order valence-corrected chi connectivity index (χ4v) is 3.73. The predicted octanol–water partition coefficient (Wildman–Crippen LogP) is 1.69. The molecule has 7 nitrogen and oxygen atoms in total. The Labute approximate surface area is 153 Å². The Hall–Kier alpha value is -2.28. The highest BCUT2D eigenvalue weighted by molar-refractivity contribution is 6.00. The summed E-state index contributed by atoms with van der Waals surface area (Å²) in [5.41, 5.74) is 0.715. The van der Waals surface area contributed by atoms with Crippen LogP contribution in [0.5, 0.6) is 11.5 Å². The number of nitrogens with zero attached hydrogens (tertiary/aromatic N) is 2. The molecule has 26 heavy (non-hydrogen) atoms. The Bertz CT molecular complexity index is 683. The first kappa shape index (κ1) is 18.5. The predicted molar refractivity (Wildman–Crippen MR) is 96.6 cm³/mol. The highest BCUT2D eigenvalue weighted by atomic mass is 16.5. The van der Waals surface area contributed by atoms with Gasteiger partial charge < -0.3 is 24.0 Å². The van der Waals surface area contributed by atoms with Crippen molar-refractivity contribution in [2.75, 3.05) is 38.8 Å². The number of morpholine rings is 1. The van der Waals surface area contributed by atoms with Gasteiger partial charge in [-0.1, -0.05) is 0 Å². The van der Waals surface area contributed by atoms with Crippen LogP contribution in [0.15, 0.2) is 18.2 Å². The zero-order chi connectivity index (χ0) is 18.8. The van der Waals surface area contributed by atoms with Crippen LogP contribution in [0.2, 0.25) is 0 Å². The topological polar surface area (TPSA) is 68.3 Å². The van der Waals surface area contributed by atoms with Crippen molar-refractivity contribution >= 4 is 17.5 Å². The van der Waals surface area contributed by atoms with Crippen LogP contribution in [-0.4, -0.2) is 62.8 Å². The van der Waals surface area contributed by atoms with Crippen LogP contribution in [0, 0.1) is 5.92 Å². The van der Waals surface area contributed by atoms with Crippen molar-refractivity contribution in [2.24, 2.45) is 5.92 Å². The second kappa shape index (κ2) is 7.53. The van der Waals surface area contributed by atoms with Crippen molar-refractivity contribution in [2.45, 2.75) is 32.5 Å². The lowest BCUT2D eigenvalue weighted by Crippen LogP contribution is -2.50. The Morgan fingerprint density at radius 1 is 1.08 bits per heavy atom. The quantitative estimate of drug-likeness (QED) is 0.815. The second-order valence-electron chi connectivity index (χ2n) is 6.95. The van der Waals surface area contributed by atoms with Gasteiger partial charge in [-0.25, -0.2) is 0 Å². The van der Waals surface area contributed by atoms with Crippen molar-refractivity contribution in [3.05, 3.63) is 18.2 Å². The molecule has 2 fully saturated rings. The van der Waals surface area contributed by atoms with Gasteiger partial charge in [-0.05, 0) is 26.0 Å². The van der Waals surface area contributed by atoms with E-state index in [2.05, 4.69) is 0 Å². The number of carbonyl (C=O) groups is 2. The first-order valence-electron chi connectivity index (χ1n) is 8.89. The van der Waals surface area contributed by atoms with Gasteiger partial charge in [0.25, 0.3) is 0 Å². The molecule has 142 valence electrons. The van der Waals surface area contributed by atoms with Crippen LogP contribution in [0.4, 0.5) is 5.69 Å². The maximum atomic E-state index is 12.9. The van der Waals surface area contributed by atoms with Gasteiger partial charge in [-0.15, -0.1) is 0 Å². The molecule has 1 aromatic rings. The van der Waals surface area contributed by atoms with Crippen molar-refractivity contribution in [3.63, 3.8) is 0 Å². The van der Waals surface area contributed by atoms with Crippen LogP contribution in [0.25, 0.3) is 0 Å². The molecule has 0 aromatic heterocycles. The molecule has 3 rings (SSSR count). The van der Waals surface area contributed by atoms with E-state index in [1.165, 1.54) is 0 Å². The molecule has 0 saturated carbocycles. The number of carbonyl (C=O) groups excluding carboxylic acids is 2. The summed E-state index contributed by atoms with van der Waals surface area (Å²) < 4.78 is 16.2. The van der Waals surface area contributed by atoms with Crippen LogP contribution < -0.4 is 14.4 Å². The van der Waals surface area contributed by atoms with E-state index in [1.54, 1.807) is 31.3 Å². The Balaban J connectivity index is 1.73. The molecule has 3 atom stereocenters. The number of methoxy groups -OCH3 is 2. The van der Waals surface area contributed by atoms with E-state index in [0.29, 0.717) is 36.8 Å². The molecule has 2 amide bonds. The Kier molecular flexibility index (Phi) is 5.36. The fourth-order valence-electron chi connectivity index (χ4n) is 3.73. The SMILES string of the molecule is COc1ccc(N2CC(C(=O)N3CC(C)OC(C)C3)CC2=O)cc1OC. The number of benzene rings is 1. The lowest BCUT2D eigenvalue weighted by molar-refractivity contribution is -0.147. The first-order valence-corrected chi connectivity index (χ1v) is 8.89. The van der Waals surface area contributed by atoms with Crippen LogP contribution >= 0.6 is 0 Å². The molecule has 0 radical (unpaired) electrons. The van der Waals surface area contributed by atoms with E-state index in [1.807, 2.05) is 24.8 Å². The van der Waals surface area contributed by atoms with E-state index in [9.17, 15) is 9.59 Å². The van der Waals surface area contributed by atoms with E-state index < -0.39 is 0 Å². The van der Waals surface area contributed by atoms with Gasteiger partial charge in [0.05, 0.1) is 32.3 Å². The minimum Gasteiger partial charge on any atom is -0.493 e. The standard InChI is InChI=1S/C19H26N2O5/c1-12-9-20(10-13(2)26-12)19(23)14-7-18(22)21(11-14)15-5-6-16(24-3)17(8-15)25-4/h5-6,8,12-14H,7,9-11H2,1-4H3. The Morgan fingerprint density at radius 2 is 1.73 bits per heavy atom. The molecule has 0 spiro atoms. The maximum Gasteiger partial charge on any atom is 0.228 e. The van der Waals surface area contributed by atoms with Crippen LogP contribution in [0.3, 0.4) is 0 Å². The van der Waals surface area contributed by atoms with Crippen molar-refractivity contribution < 1.29 is 23.8 Å². The number of ether oxygens (including phenoxy) is 3. The smallest absolute Gasteiger partial charge is 0.228 e. The second-order valence-corrected chi connectivity index (χ2v) is 6.95. The number of hydrogen-bond acceptors (Lipinski definition) is 5. The summed E-state index contributed by atoms with van der Waals surface area (Å²) in [5, 5.41) is 0. The number of rotatable bonds is 4. The zero-order valence-electron chi connectivity index (χ0n) is 15.7. The molecule has 2 heterocycles. The molecule has 2 aliphatic rings. The van der Waals surface area contributed by atoms with Crippen molar-refractivity contribution in [3.8, 4) is 11.5 Å². The lowest BCUT2D eigenvalue weighted by Gasteiger charge is -2.36. The van der Waals surface area contributed by atoms with Crippen molar-refractivity contribution in [1.82, 2.24) is 4.90 Å². The average Bonchev–Trinajstić information content (AvgIpc) is 3.01. The third-order valence-electron chi connectivity index (χ3n) is 4.88. The molecular formula is C19H26N2O5. The van der Waals surface area contributed by atoms with Gasteiger partial charge in [-0.3, -0.25) is 9.59 Å². The summed E-state index contributed by atoms with van der Waals surface area (Å²) in [4.78, 5) is 28.9. The van der Waals surface area contributed by atoms with Gasteiger partial charge >= 0.3 is 0 Å². The van der Waals surface area contributed by atoms with Gasteiger partial charge in [0.1, 0.15) is 0 Å². The molecule has 2 saturated heterocycles. The number of anilines is 1. The third-order valence-corrected chi connectivity index (χ3v) is 4.88. The highest BCUT2D eigenvalue weighted by Gasteiger charge is 2.39. The van der Waals surface area contributed by atoms with Gasteiger partial charge in [0.15, 0.2) is 11.5 Å². The monoisotopic (exact) mass is 362 g/mol. The summed E-state index contributed by atoms with van der Waals surface area (Å²) in [6.07, 6.45) is 0.260. The maximum absolute atomic E-state index is 12.9. The molecule has 2 aliphatic heterocycles. The molecule has 0 bridgehead atoms. The van der Waals surface area contributed by atoms with E-state index in [4.69, 9.17) is 14.2 Å². The minimum atomic E-state index is -0.326. The third kappa shape index (κ3) is 3.62. The van der Waals surface area contributed by atoms with E-state index in [0.717, 1.165) is 0 Å². The molecule has 3 unspecified atom stereocenters. The summed E-state index contributed by atoms with van der Waals surface area (Å²) >= 11 is 0. The fraction of sp³-hybridized carbons (Fsp3) is 0.579. The summed E-state index contributed by atoms with van der Waals surface area (Å²) in [6.45, 7) is 5.46. The first-order chi connectivity index (χ1) is 12.4. The molecular weight excluding hydrogens is 336 g/mol.